The van der Waals surface area contributed by atoms with Gasteiger partial charge in [-0.05, 0) is 12.1 Å². The number of hydrogen-bond donors (Lipinski definition) is 2. The highest BCUT2D eigenvalue weighted by Gasteiger charge is 2.14. The predicted octanol–water partition coefficient (Wildman–Crippen LogP) is 1.99. The number of nitrogens with two attached hydrogens (primary N) is 1. The molecule has 0 aliphatic carbocycles. The van der Waals surface area contributed by atoms with Gasteiger partial charge in [0.15, 0.2) is 0 Å². The van der Waals surface area contributed by atoms with E-state index in [9.17, 15) is 4.79 Å². The van der Waals surface area contributed by atoms with E-state index in [1.807, 2.05) is 12.1 Å². The molecule has 0 fully saturated rings. The van der Waals surface area contributed by atoms with Gasteiger partial charge in [0.25, 0.3) is 5.22 Å². The van der Waals surface area contributed by atoms with Gasteiger partial charge in [-0.2, -0.15) is 8.73 Å². The molecule has 1 aliphatic heterocycles. The molecular formula is C11H10N6O2S2. The Labute approximate surface area is 127 Å². The third-order valence-corrected chi connectivity index (χ3v) is 3.87. The number of carbonyl (C=O) groups excluding carboxylic acids is 1. The summed E-state index contributed by atoms with van der Waals surface area (Å²) < 4.78 is 13.5. The molecule has 0 unspecified atom stereocenters. The highest BCUT2D eigenvalue weighted by Crippen LogP contribution is 2.38. The molecule has 1 aromatic heterocycles. The minimum Gasteiger partial charge on any atom is -0.415 e. The third kappa shape index (κ3) is 3.17. The number of benzene rings is 1. The van der Waals surface area contributed by atoms with Crippen molar-refractivity contribution >= 4 is 46.1 Å². The molecule has 1 aromatic carbocycles. The summed E-state index contributed by atoms with van der Waals surface area (Å²) in [6.07, 6.45) is 0. The Bertz CT molecular complexity index is 753. The Hall–Kier alpha value is -2.04. The highest BCUT2D eigenvalue weighted by molar-refractivity contribution is 7.99. The van der Waals surface area contributed by atoms with Crippen molar-refractivity contribution in [3.63, 3.8) is 0 Å². The number of fused-ring (bicyclic) bond motifs is 1. The summed E-state index contributed by atoms with van der Waals surface area (Å²) in [7, 11) is 0. The van der Waals surface area contributed by atoms with Gasteiger partial charge in [-0.1, -0.05) is 17.8 Å². The summed E-state index contributed by atoms with van der Waals surface area (Å²) in [6, 6.07) is 5.44. The summed E-state index contributed by atoms with van der Waals surface area (Å²) in [5, 5.41) is 10.6. The average Bonchev–Trinajstić information content (AvgIpc) is 3.14. The van der Waals surface area contributed by atoms with Gasteiger partial charge < -0.3 is 15.5 Å². The van der Waals surface area contributed by atoms with Crippen molar-refractivity contribution in [2.45, 2.75) is 11.8 Å². The molecule has 0 saturated heterocycles. The number of amides is 1. The third-order valence-electron chi connectivity index (χ3n) is 2.51. The van der Waals surface area contributed by atoms with E-state index in [0.717, 1.165) is 28.8 Å². The van der Waals surface area contributed by atoms with Gasteiger partial charge in [0.2, 0.25) is 11.8 Å². The van der Waals surface area contributed by atoms with Gasteiger partial charge in [-0.15, -0.1) is 10.2 Å². The van der Waals surface area contributed by atoms with Crippen molar-refractivity contribution in [1.29, 1.82) is 0 Å². The summed E-state index contributed by atoms with van der Waals surface area (Å²) >= 11 is 2.26. The molecule has 2 heterocycles. The van der Waals surface area contributed by atoms with Crippen LogP contribution in [0, 0.1) is 0 Å². The zero-order valence-electron chi connectivity index (χ0n) is 10.6. The molecule has 21 heavy (non-hydrogen) atoms. The van der Waals surface area contributed by atoms with Gasteiger partial charge in [0.05, 0.1) is 29.3 Å². The van der Waals surface area contributed by atoms with Crippen molar-refractivity contribution in [3.05, 3.63) is 24.1 Å². The summed E-state index contributed by atoms with van der Waals surface area (Å²) in [4.78, 5) is 11.9. The Morgan fingerprint density at radius 1 is 1.38 bits per heavy atom. The highest BCUT2D eigenvalue weighted by atomic mass is 32.2. The first kappa shape index (κ1) is 13.9. The van der Waals surface area contributed by atoms with Crippen molar-refractivity contribution in [2.75, 3.05) is 11.1 Å². The van der Waals surface area contributed by atoms with E-state index in [-0.39, 0.29) is 18.2 Å². The van der Waals surface area contributed by atoms with E-state index in [0.29, 0.717) is 22.5 Å². The Balaban J connectivity index is 1.60. The molecule has 8 nitrogen and oxygen atoms in total. The first-order valence-electron chi connectivity index (χ1n) is 5.92. The van der Waals surface area contributed by atoms with Crippen molar-refractivity contribution in [1.82, 2.24) is 10.2 Å². The van der Waals surface area contributed by atoms with Crippen LogP contribution in [0.15, 0.2) is 36.6 Å². The number of nitrogens with one attached hydrogen (secondary N) is 1. The second-order valence-electron chi connectivity index (χ2n) is 3.94. The molecule has 10 heteroatoms. The van der Waals surface area contributed by atoms with Crippen LogP contribution in [-0.4, -0.2) is 21.9 Å². The average molecular weight is 322 g/mol. The normalized spacial score (nSPS) is 12.0. The molecule has 3 rings (SSSR count). The Morgan fingerprint density at radius 3 is 3.10 bits per heavy atom. The maximum atomic E-state index is 11.9. The van der Waals surface area contributed by atoms with E-state index in [4.69, 9.17) is 10.2 Å². The minimum absolute atomic E-state index is 0.153. The Kier molecular flexibility index (Phi) is 4.08. The van der Waals surface area contributed by atoms with Gasteiger partial charge in [-0.25, -0.2) is 0 Å². The van der Waals surface area contributed by atoms with E-state index < -0.39 is 0 Å². The number of hydrogen-bond acceptors (Lipinski definition) is 8. The maximum Gasteiger partial charge on any atom is 0.277 e. The van der Waals surface area contributed by atoms with Crippen LogP contribution in [0.25, 0.3) is 0 Å². The number of thioether (sulfide) groups is 1. The monoisotopic (exact) mass is 322 g/mol. The van der Waals surface area contributed by atoms with E-state index in [2.05, 4.69) is 24.2 Å². The number of aromatic nitrogens is 2. The molecule has 0 saturated carbocycles. The van der Waals surface area contributed by atoms with Crippen LogP contribution < -0.4 is 11.1 Å². The molecule has 2 aromatic rings. The number of carbonyl (C=O) groups is 1. The maximum absolute atomic E-state index is 11.9. The van der Waals surface area contributed by atoms with Gasteiger partial charge >= 0.3 is 0 Å². The zero-order valence-corrected chi connectivity index (χ0v) is 12.3. The summed E-state index contributed by atoms with van der Waals surface area (Å²) in [5.74, 6) is 0.310. The summed E-state index contributed by atoms with van der Waals surface area (Å²) in [5.41, 5.74) is 7.45. The molecule has 0 radical (unpaired) electrons. The molecule has 1 aliphatic rings. The molecular weight excluding hydrogens is 312 g/mol. The molecule has 0 spiro atoms. The van der Waals surface area contributed by atoms with Crippen molar-refractivity contribution < 1.29 is 9.21 Å². The van der Waals surface area contributed by atoms with E-state index >= 15 is 0 Å². The van der Waals surface area contributed by atoms with Gasteiger partial charge in [0.1, 0.15) is 11.4 Å². The van der Waals surface area contributed by atoms with Gasteiger partial charge in [-0.3, -0.25) is 4.79 Å². The fraction of sp³-hybridized carbons (Fsp3) is 0.182. The van der Waals surface area contributed by atoms with E-state index in [1.54, 1.807) is 6.07 Å². The second-order valence-corrected chi connectivity index (χ2v) is 5.40. The van der Waals surface area contributed by atoms with Crippen LogP contribution in [-0.2, 0) is 22.7 Å². The fourth-order valence-electron chi connectivity index (χ4n) is 1.60. The van der Waals surface area contributed by atoms with Crippen LogP contribution in [0.4, 0.5) is 17.1 Å². The topological polar surface area (TPSA) is 119 Å². The first-order valence-corrected chi connectivity index (χ1v) is 7.64. The first-order chi connectivity index (χ1) is 10.3. The zero-order chi connectivity index (χ0) is 14.7. The lowest BCUT2D eigenvalue weighted by Gasteiger charge is -2.06. The van der Waals surface area contributed by atoms with Crippen LogP contribution in [0.5, 0.6) is 0 Å². The van der Waals surface area contributed by atoms with Crippen molar-refractivity contribution in [2.24, 2.45) is 14.5 Å². The SMILES string of the molecule is NCc1nnc(SCC(=O)Nc2cccc3c2N=S=N3)o1. The molecule has 3 N–H and O–H groups in total. The largest absolute Gasteiger partial charge is 0.415 e. The standard InChI is InChI=1S/C11H10N6O2S2/c12-4-9-14-15-11(19-9)20-5-8(18)13-6-2-1-3-7-10(6)17-21-16-7/h1-3H,4-5,12H2,(H,13,18). The lowest BCUT2D eigenvalue weighted by Crippen LogP contribution is -2.14. The van der Waals surface area contributed by atoms with Crippen LogP contribution >= 0.6 is 11.8 Å². The number of nitrogens with zero attached hydrogens (tertiary/aromatic N) is 4. The second kappa shape index (κ2) is 6.16. The smallest absolute Gasteiger partial charge is 0.277 e. The predicted molar refractivity (Wildman–Crippen MR) is 79.5 cm³/mol. The molecule has 0 bridgehead atoms. The van der Waals surface area contributed by atoms with Crippen LogP contribution in [0.1, 0.15) is 5.89 Å². The summed E-state index contributed by atoms with van der Waals surface area (Å²) in [6.45, 7) is 0.179. The lowest BCUT2D eigenvalue weighted by atomic mass is 10.2. The van der Waals surface area contributed by atoms with Crippen LogP contribution in [0.3, 0.4) is 0 Å². The molecule has 108 valence electrons. The molecule has 1 amide bonds. The molecule has 0 atom stereocenters. The number of anilines is 1. The van der Waals surface area contributed by atoms with E-state index in [1.165, 1.54) is 0 Å². The minimum atomic E-state index is -0.187. The number of rotatable bonds is 5. The van der Waals surface area contributed by atoms with Crippen molar-refractivity contribution in [3.8, 4) is 0 Å². The van der Waals surface area contributed by atoms with Gasteiger partial charge in [0, 0.05) is 0 Å². The van der Waals surface area contributed by atoms with Crippen LogP contribution in [0.2, 0.25) is 0 Å². The lowest BCUT2D eigenvalue weighted by molar-refractivity contribution is -0.113. The Morgan fingerprint density at radius 2 is 2.29 bits per heavy atom. The fourth-order valence-corrected chi connectivity index (χ4v) is 2.73. The quantitative estimate of drug-likeness (QED) is 0.693.